The molecule has 3 N–H and O–H groups in total. The lowest BCUT2D eigenvalue weighted by Gasteiger charge is -2.11. The number of nitrogens with zero attached hydrogens (tertiary/aromatic N) is 6. The molecule has 4 aromatic rings. The summed E-state index contributed by atoms with van der Waals surface area (Å²) in [4.78, 5) is 14.6. The first kappa shape index (κ1) is 19.3. The third kappa shape index (κ3) is 3.38. The van der Waals surface area contributed by atoms with Crippen molar-refractivity contribution in [2.24, 2.45) is 7.05 Å². The molecule has 0 aliphatic carbocycles. The molecule has 28 heavy (non-hydrogen) atoms. The molecule has 8 nitrogen and oxygen atoms in total. The second-order valence-corrected chi connectivity index (χ2v) is 5.53. The van der Waals surface area contributed by atoms with E-state index in [9.17, 15) is 13.2 Å². The number of H-pyrrole nitrogens is 1. The van der Waals surface area contributed by atoms with E-state index in [0.717, 1.165) is 0 Å². The minimum atomic E-state index is -4.61. The van der Waals surface area contributed by atoms with Gasteiger partial charge in [-0.1, -0.05) is 19.1 Å². The number of alkyl halides is 3. The summed E-state index contributed by atoms with van der Waals surface area (Å²) in [5.41, 5.74) is 6.13. The normalized spacial score (nSPS) is 11.4. The van der Waals surface area contributed by atoms with E-state index in [4.69, 9.17) is 5.73 Å². The number of hydrogen-bond acceptors (Lipinski definition) is 6. The van der Waals surface area contributed by atoms with Crippen LogP contribution >= 0.6 is 0 Å². The van der Waals surface area contributed by atoms with Crippen LogP contribution in [-0.2, 0) is 13.2 Å². The molecule has 0 bridgehead atoms. The topological polar surface area (TPSA) is 111 Å². The smallest absolute Gasteiger partial charge is 0.368 e. The highest BCUT2D eigenvalue weighted by molar-refractivity contribution is 5.94. The number of aromatic nitrogens is 7. The molecule has 0 saturated heterocycles. The van der Waals surface area contributed by atoms with Crippen molar-refractivity contribution >= 4 is 17.0 Å². The maximum Gasteiger partial charge on any atom is 0.419 e. The molecule has 146 valence electrons. The van der Waals surface area contributed by atoms with Crippen LogP contribution in [0.2, 0.25) is 0 Å². The molecule has 4 rings (SSSR count). The van der Waals surface area contributed by atoms with Crippen LogP contribution in [0.15, 0.2) is 30.7 Å². The Morgan fingerprint density at radius 2 is 1.86 bits per heavy atom. The molecular weight excluding hydrogens is 373 g/mol. The van der Waals surface area contributed by atoms with Gasteiger partial charge in [0.15, 0.2) is 0 Å². The summed E-state index contributed by atoms with van der Waals surface area (Å²) in [5, 5.41) is 8.10. The van der Waals surface area contributed by atoms with Crippen LogP contribution < -0.4 is 5.73 Å². The van der Waals surface area contributed by atoms with Crippen LogP contribution in [0.3, 0.4) is 0 Å². The summed E-state index contributed by atoms with van der Waals surface area (Å²) in [5.74, 6) is -0.243. The SMILES string of the molecule is CC.Cn1nncc1-c1ccc2c(-c3nc(N)ncc3C(F)(F)F)c[nH]c2n1. The standard InChI is InChI=1S/C15H11F3N8.C2H6/c1-26-11(6-22-25-26)10-3-2-7-8(4-20-13(7)23-10)12-9(15(16,17)18)5-21-14(19)24-12;1-2/h2-6H,1H3,(H,20,23)(H2,19,21,24);1-2H3. The Bertz CT molecular complexity index is 1110. The van der Waals surface area contributed by atoms with Crippen LogP contribution in [0.4, 0.5) is 19.1 Å². The lowest BCUT2D eigenvalue weighted by molar-refractivity contribution is -0.137. The van der Waals surface area contributed by atoms with Gasteiger partial charge in [0.2, 0.25) is 5.95 Å². The van der Waals surface area contributed by atoms with E-state index in [2.05, 4.69) is 30.2 Å². The molecule has 0 aliphatic heterocycles. The molecule has 0 atom stereocenters. The fourth-order valence-corrected chi connectivity index (χ4v) is 2.67. The second kappa shape index (κ2) is 7.25. The predicted octanol–water partition coefficient (Wildman–Crippen LogP) is 3.44. The van der Waals surface area contributed by atoms with E-state index in [1.54, 1.807) is 30.1 Å². The number of anilines is 1. The summed E-state index contributed by atoms with van der Waals surface area (Å²) in [6, 6.07) is 3.34. The largest absolute Gasteiger partial charge is 0.419 e. The summed E-state index contributed by atoms with van der Waals surface area (Å²) in [6.45, 7) is 4.00. The molecule has 0 amide bonds. The van der Waals surface area contributed by atoms with Crippen LogP contribution in [0.5, 0.6) is 0 Å². The van der Waals surface area contributed by atoms with Gasteiger partial charge in [0.1, 0.15) is 16.9 Å². The fraction of sp³-hybridized carbons (Fsp3) is 0.235. The lowest BCUT2D eigenvalue weighted by atomic mass is 10.1. The number of nitrogens with two attached hydrogens (primary N) is 1. The van der Waals surface area contributed by atoms with E-state index >= 15 is 0 Å². The number of rotatable bonds is 2. The zero-order valence-corrected chi connectivity index (χ0v) is 15.3. The molecule has 0 radical (unpaired) electrons. The minimum absolute atomic E-state index is 0.239. The van der Waals surface area contributed by atoms with E-state index in [-0.39, 0.29) is 17.2 Å². The van der Waals surface area contributed by atoms with E-state index in [1.807, 2.05) is 13.8 Å². The van der Waals surface area contributed by atoms with Crippen LogP contribution in [-0.4, -0.2) is 34.9 Å². The number of aryl methyl sites for hydroxylation is 1. The van der Waals surface area contributed by atoms with Crippen LogP contribution in [0, 0.1) is 0 Å². The number of nitrogens with one attached hydrogen (secondary N) is 1. The third-order valence-corrected chi connectivity index (χ3v) is 3.88. The first-order valence-electron chi connectivity index (χ1n) is 8.38. The van der Waals surface area contributed by atoms with Gasteiger partial charge in [-0.05, 0) is 12.1 Å². The number of aromatic amines is 1. The number of hydrogen-bond donors (Lipinski definition) is 2. The van der Waals surface area contributed by atoms with E-state index in [0.29, 0.717) is 28.6 Å². The zero-order chi connectivity index (χ0) is 20.5. The number of halogens is 3. The summed E-state index contributed by atoms with van der Waals surface area (Å²) >= 11 is 0. The van der Waals surface area contributed by atoms with Crippen LogP contribution in [0.25, 0.3) is 33.7 Å². The molecule has 0 unspecified atom stereocenters. The Morgan fingerprint density at radius 3 is 2.50 bits per heavy atom. The molecule has 0 aliphatic rings. The van der Waals surface area contributed by atoms with Gasteiger partial charge in [0, 0.05) is 30.4 Å². The quantitative estimate of drug-likeness (QED) is 0.542. The third-order valence-electron chi connectivity index (χ3n) is 3.88. The molecule has 0 aromatic carbocycles. The molecule has 0 saturated carbocycles. The van der Waals surface area contributed by atoms with Crippen molar-refractivity contribution in [1.29, 1.82) is 0 Å². The maximum absolute atomic E-state index is 13.3. The van der Waals surface area contributed by atoms with Crippen LogP contribution in [0.1, 0.15) is 19.4 Å². The van der Waals surface area contributed by atoms with Crippen molar-refractivity contribution in [3.63, 3.8) is 0 Å². The number of fused-ring (bicyclic) bond motifs is 1. The van der Waals surface area contributed by atoms with Gasteiger partial charge in [0.25, 0.3) is 0 Å². The maximum atomic E-state index is 13.3. The highest BCUT2D eigenvalue weighted by Gasteiger charge is 2.36. The Labute approximate surface area is 157 Å². The Balaban J connectivity index is 0.00000109. The van der Waals surface area contributed by atoms with Crippen molar-refractivity contribution in [3.05, 3.63) is 36.3 Å². The Kier molecular flexibility index (Phi) is 4.99. The summed E-state index contributed by atoms with van der Waals surface area (Å²) in [7, 11) is 1.72. The fourth-order valence-electron chi connectivity index (χ4n) is 2.67. The Hall–Kier alpha value is -3.50. The van der Waals surface area contributed by atoms with Crippen molar-refractivity contribution in [2.75, 3.05) is 5.73 Å². The summed E-state index contributed by atoms with van der Waals surface area (Å²) in [6.07, 6.45) is -0.967. The highest BCUT2D eigenvalue weighted by Crippen LogP contribution is 2.38. The number of nitrogen functional groups attached to an aromatic ring is 1. The first-order valence-corrected chi connectivity index (χ1v) is 8.38. The van der Waals surface area contributed by atoms with E-state index < -0.39 is 11.7 Å². The molecule has 0 fully saturated rings. The van der Waals surface area contributed by atoms with Gasteiger partial charge in [-0.25, -0.2) is 19.6 Å². The number of pyridine rings is 1. The second-order valence-electron chi connectivity index (χ2n) is 5.53. The molecular formula is C17H17F3N8. The lowest BCUT2D eigenvalue weighted by Crippen LogP contribution is -2.10. The monoisotopic (exact) mass is 390 g/mol. The average molecular weight is 390 g/mol. The van der Waals surface area contributed by atoms with Crippen molar-refractivity contribution < 1.29 is 13.2 Å². The van der Waals surface area contributed by atoms with Crippen molar-refractivity contribution in [2.45, 2.75) is 20.0 Å². The summed E-state index contributed by atoms with van der Waals surface area (Å²) < 4.78 is 41.5. The predicted molar refractivity (Wildman–Crippen MR) is 97.9 cm³/mol. The molecule has 4 heterocycles. The van der Waals surface area contributed by atoms with E-state index in [1.165, 1.54) is 6.20 Å². The molecule has 4 aromatic heterocycles. The average Bonchev–Trinajstić information content (AvgIpc) is 3.27. The molecule has 0 spiro atoms. The van der Waals surface area contributed by atoms with Gasteiger partial charge >= 0.3 is 6.18 Å². The van der Waals surface area contributed by atoms with Gasteiger partial charge < -0.3 is 10.7 Å². The van der Waals surface area contributed by atoms with Gasteiger partial charge in [-0.15, -0.1) is 5.10 Å². The van der Waals surface area contributed by atoms with Gasteiger partial charge in [0.05, 0.1) is 17.6 Å². The van der Waals surface area contributed by atoms with Crippen molar-refractivity contribution in [1.82, 2.24) is 34.9 Å². The van der Waals surface area contributed by atoms with Crippen molar-refractivity contribution in [3.8, 4) is 22.6 Å². The van der Waals surface area contributed by atoms with Gasteiger partial charge in [-0.2, -0.15) is 13.2 Å². The Morgan fingerprint density at radius 1 is 1.11 bits per heavy atom. The first-order chi connectivity index (χ1) is 13.3. The zero-order valence-electron chi connectivity index (χ0n) is 15.3. The minimum Gasteiger partial charge on any atom is -0.368 e. The molecule has 11 heteroatoms. The van der Waals surface area contributed by atoms with Gasteiger partial charge in [-0.3, -0.25) is 0 Å². The highest BCUT2D eigenvalue weighted by atomic mass is 19.4.